The Morgan fingerprint density at radius 2 is 0.284 bits per heavy atom. The van der Waals surface area contributed by atoms with Gasteiger partial charge in [0.05, 0.1) is 0 Å². The van der Waals surface area contributed by atoms with Gasteiger partial charge in [-0.1, -0.05) is 297 Å². The SMILES string of the molecule is C1CC2CCCC3CCCC(C1)C23.C1CCC2C(C1)CCC1CCCCC12.C1CCC2C(C1)CCC1CCCCC12.C1CCC2CCCCC2C1.CC.CC.CC.CC.CC.CC.CC.CC. The second-order valence-corrected chi connectivity index (χ2v) is 21.7. The molecular formula is C67H136. The molecule has 0 spiro atoms. The summed E-state index contributed by atoms with van der Waals surface area (Å²) >= 11 is 0. The largest absolute Gasteiger partial charge is 0.0683 e. The van der Waals surface area contributed by atoms with Crippen LogP contribution in [0.25, 0.3) is 0 Å². The molecule has 0 aromatic carbocycles. The Labute approximate surface area is 429 Å². The Bertz CT molecular complexity index is 837. The van der Waals surface area contributed by atoms with Crippen molar-refractivity contribution in [2.75, 3.05) is 0 Å². The smallest absolute Gasteiger partial charge is 0.0329 e. The summed E-state index contributed by atoms with van der Waals surface area (Å²) in [6.45, 7) is 32.0. The molecule has 11 rings (SSSR count). The molecule has 0 radical (unpaired) electrons. The van der Waals surface area contributed by atoms with Gasteiger partial charge in [-0.15, -0.1) is 0 Å². The van der Waals surface area contributed by atoms with E-state index in [0.29, 0.717) is 0 Å². The molecule has 0 heterocycles. The Hall–Kier alpha value is 0. The van der Waals surface area contributed by atoms with Gasteiger partial charge in [-0.05, 0) is 134 Å². The maximum absolute atomic E-state index is 2.00. The van der Waals surface area contributed by atoms with Crippen LogP contribution in [0.1, 0.15) is 348 Å². The highest BCUT2D eigenvalue weighted by atomic mass is 14.5. The fraction of sp³-hybridized carbons (Fsp3) is 1.00. The molecule has 0 nitrogen and oxygen atoms in total. The highest BCUT2D eigenvalue weighted by molar-refractivity contribution is 4.94. The Kier molecular flexibility index (Phi) is 44.7. The van der Waals surface area contributed by atoms with E-state index in [0.717, 1.165) is 53.3 Å². The van der Waals surface area contributed by atoms with E-state index in [9.17, 15) is 0 Å². The molecule has 0 heteroatoms. The zero-order valence-corrected chi connectivity index (χ0v) is 50.2. The van der Waals surface area contributed by atoms with E-state index in [1.807, 2.05) is 111 Å². The minimum absolute atomic E-state index is 1.16. The van der Waals surface area contributed by atoms with Crippen molar-refractivity contribution in [3.05, 3.63) is 0 Å². The van der Waals surface area contributed by atoms with Gasteiger partial charge in [0.1, 0.15) is 0 Å². The Morgan fingerprint density at radius 3 is 0.478 bits per heavy atom. The number of hydrogen-bond donors (Lipinski definition) is 0. The summed E-state index contributed by atoms with van der Waals surface area (Å²) in [4.78, 5) is 0. The van der Waals surface area contributed by atoms with Gasteiger partial charge in [-0.3, -0.25) is 0 Å². The Balaban J connectivity index is 0.000000790. The van der Waals surface area contributed by atoms with E-state index in [-0.39, 0.29) is 0 Å². The van der Waals surface area contributed by atoms with Gasteiger partial charge in [0.25, 0.3) is 0 Å². The first-order valence-corrected chi connectivity index (χ1v) is 33.3. The lowest BCUT2D eigenvalue weighted by Gasteiger charge is -2.49. The lowest BCUT2D eigenvalue weighted by atomic mass is 9.56. The van der Waals surface area contributed by atoms with Crippen molar-refractivity contribution in [3.8, 4) is 0 Å². The molecule has 8 atom stereocenters. The predicted octanol–water partition coefficient (Wildman–Crippen LogP) is 24.4. The van der Waals surface area contributed by atoms with E-state index in [4.69, 9.17) is 0 Å². The summed E-state index contributed by atoms with van der Waals surface area (Å²) in [7, 11) is 0. The minimum Gasteiger partial charge on any atom is -0.0683 e. The first-order chi connectivity index (χ1) is 33.3. The van der Waals surface area contributed by atoms with Crippen molar-refractivity contribution < 1.29 is 0 Å². The van der Waals surface area contributed by atoms with Gasteiger partial charge in [-0.2, -0.15) is 0 Å². The highest BCUT2D eigenvalue weighted by Gasteiger charge is 2.43. The average Bonchev–Trinajstić information content (AvgIpc) is 3.46. The summed E-state index contributed by atoms with van der Waals surface area (Å²) in [5.74, 6) is 16.3. The van der Waals surface area contributed by atoms with Crippen LogP contribution in [-0.2, 0) is 0 Å². The third-order valence-electron chi connectivity index (χ3n) is 19.3. The maximum atomic E-state index is 2.00. The minimum atomic E-state index is 1.16. The molecule has 404 valence electrons. The van der Waals surface area contributed by atoms with Crippen LogP contribution in [0.2, 0.25) is 0 Å². The van der Waals surface area contributed by atoms with Crippen molar-refractivity contribution in [1.29, 1.82) is 0 Å². The Morgan fingerprint density at radius 1 is 0.134 bits per heavy atom. The van der Waals surface area contributed by atoms with Crippen LogP contribution in [0.4, 0.5) is 0 Å². The molecule has 11 saturated carbocycles. The zero-order chi connectivity index (χ0) is 50.2. The van der Waals surface area contributed by atoms with Crippen LogP contribution in [0.3, 0.4) is 0 Å². The van der Waals surface area contributed by atoms with Crippen molar-refractivity contribution in [2.24, 2.45) is 82.9 Å². The monoisotopic (exact) mass is 941 g/mol. The van der Waals surface area contributed by atoms with Crippen molar-refractivity contribution in [3.63, 3.8) is 0 Å². The number of fused-ring (bicyclic) bond motifs is 7. The molecule has 0 saturated heterocycles. The van der Waals surface area contributed by atoms with Crippen LogP contribution in [-0.4, -0.2) is 0 Å². The summed E-state index contributed by atoms with van der Waals surface area (Å²) in [6, 6.07) is 0. The van der Waals surface area contributed by atoms with E-state index in [1.165, 1.54) is 55.3 Å². The van der Waals surface area contributed by atoms with Gasteiger partial charge in [0, 0.05) is 0 Å². The fourth-order valence-corrected chi connectivity index (χ4v) is 17.0. The highest BCUT2D eigenvalue weighted by Crippen LogP contribution is 2.54. The van der Waals surface area contributed by atoms with Gasteiger partial charge in [0.15, 0.2) is 0 Å². The molecule has 8 unspecified atom stereocenters. The molecule has 0 aromatic rings. The average molecular weight is 942 g/mol. The number of rotatable bonds is 0. The topological polar surface area (TPSA) is 0 Å². The molecule has 0 aliphatic heterocycles. The van der Waals surface area contributed by atoms with Gasteiger partial charge < -0.3 is 0 Å². The molecule has 11 aliphatic rings. The fourth-order valence-electron chi connectivity index (χ4n) is 17.0. The molecule has 11 aliphatic carbocycles. The van der Waals surface area contributed by atoms with Crippen LogP contribution >= 0.6 is 0 Å². The number of hydrogen-bond acceptors (Lipinski definition) is 0. The molecule has 67 heavy (non-hydrogen) atoms. The third kappa shape index (κ3) is 22.3. The van der Waals surface area contributed by atoms with Crippen molar-refractivity contribution in [2.45, 2.75) is 348 Å². The third-order valence-corrected chi connectivity index (χ3v) is 19.3. The first-order valence-electron chi connectivity index (χ1n) is 33.3. The summed E-state index contributed by atoms with van der Waals surface area (Å²) in [5, 5.41) is 0. The molecule has 11 fully saturated rings. The van der Waals surface area contributed by atoms with Crippen LogP contribution in [0.5, 0.6) is 0 Å². The van der Waals surface area contributed by atoms with Gasteiger partial charge >= 0.3 is 0 Å². The van der Waals surface area contributed by atoms with Gasteiger partial charge in [0.2, 0.25) is 0 Å². The van der Waals surface area contributed by atoms with Crippen LogP contribution < -0.4 is 0 Å². The van der Waals surface area contributed by atoms with Crippen molar-refractivity contribution >= 4 is 0 Å². The van der Waals surface area contributed by atoms with Gasteiger partial charge in [-0.25, -0.2) is 0 Å². The quantitative estimate of drug-likeness (QED) is 0.227. The van der Waals surface area contributed by atoms with E-state index in [2.05, 4.69) is 0 Å². The second-order valence-electron chi connectivity index (χ2n) is 21.7. The molecule has 0 aromatic heterocycles. The van der Waals surface area contributed by atoms with E-state index >= 15 is 0 Å². The molecule has 0 bridgehead atoms. The van der Waals surface area contributed by atoms with Crippen molar-refractivity contribution in [1.82, 2.24) is 0 Å². The van der Waals surface area contributed by atoms with E-state index in [1.54, 1.807) is 212 Å². The predicted molar refractivity (Wildman–Crippen MR) is 310 cm³/mol. The lowest BCUT2D eigenvalue weighted by molar-refractivity contribution is 0.0123. The second kappa shape index (κ2) is 44.7. The first kappa shape index (κ1) is 67.0. The summed E-state index contributed by atoms with van der Waals surface area (Å²) in [6.07, 6.45) is 57.9. The normalized spacial score (nSPS) is 36.5. The summed E-state index contributed by atoms with van der Waals surface area (Å²) < 4.78 is 0. The lowest BCUT2D eigenvalue weighted by Crippen LogP contribution is -2.39. The standard InChI is InChI=1S/2C14H24.C13H22.C10H18.8C2H6/c2*1-3-7-13-11(5-1)9-10-12-6-2-4-8-14(12)13;1-4-10-6-2-8-12-9-3-7-11(5-1)13(10)12;1-2-6-10-8-4-3-7-9(10)5-1;8*1-2/h2*11-14H,1-10H2;10-13H,1-9H2;9-10H,1-8H2;8*1-2H3. The zero-order valence-electron chi connectivity index (χ0n) is 50.2. The maximum Gasteiger partial charge on any atom is -0.0329 e. The van der Waals surface area contributed by atoms with E-state index < -0.39 is 0 Å². The van der Waals surface area contributed by atoms with Crippen LogP contribution in [0, 0.1) is 82.9 Å². The summed E-state index contributed by atoms with van der Waals surface area (Å²) in [5.41, 5.74) is 0. The molecule has 0 N–H and O–H groups in total. The van der Waals surface area contributed by atoms with Crippen LogP contribution in [0.15, 0.2) is 0 Å². The molecular weight excluding hydrogens is 805 g/mol. The molecule has 0 amide bonds.